The van der Waals surface area contributed by atoms with E-state index >= 15 is 0 Å². The predicted molar refractivity (Wildman–Crippen MR) is 97.7 cm³/mol. The maximum atomic E-state index is 12.1. The van der Waals surface area contributed by atoms with Crippen molar-refractivity contribution in [2.24, 2.45) is 0 Å². The first-order valence-corrected chi connectivity index (χ1v) is 8.19. The van der Waals surface area contributed by atoms with Crippen molar-refractivity contribution in [3.05, 3.63) is 57.5 Å². The Bertz CT molecular complexity index is 735. The number of carbonyl (C=O) groups excluding carboxylic acids is 2. The third-order valence-corrected chi connectivity index (χ3v) is 3.61. The number of hydrogen-bond donors (Lipinski definition) is 4. The van der Waals surface area contributed by atoms with Crippen LogP contribution in [-0.4, -0.2) is 30.2 Å². The van der Waals surface area contributed by atoms with Gasteiger partial charge in [-0.3, -0.25) is 4.79 Å². The Morgan fingerprint density at radius 2 is 1.88 bits per heavy atom. The molecule has 126 valence electrons. The highest BCUT2D eigenvalue weighted by atomic mass is 79.9. The lowest BCUT2D eigenvalue weighted by Crippen LogP contribution is -2.28. The highest BCUT2D eigenvalue weighted by Crippen LogP contribution is 2.23. The SMILES string of the molecule is O=C(Nc1cc(Cl)cc(Br)c1)Nc1ccccc1C(=O)NCCO. The third kappa shape index (κ3) is 5.23. The summed E-state index contributed by atoms with van der Waals surface area (Å²) in [6.45, 7) is -0.0264. The Kier molecular flexibility index (Phi) is 6.60. The number of para-hydroxylation sites is 1. The maximum absolute atomic E-state index is 12.1. The number of urea groups is 1. The second kappa shape index (κ2) is 8.68. The van der Waals surface area contributed by atoms with E-state index in [4.69, 9.17) is 16.7 Å². The lowest BCUT2D eigenvalue weighted by Gasteiger charge is -2.12. The summed E-state index contributed by atoms with van der Waals surface area (Å²) in [7, 11) is 0. The lowest BCUT2D eigenvalue weighted by molar-refractivity contribution is 0.0945. The largest absolute Gasteiger partial charge is 0.395 e. The second-order valence-electron chi connectivity index (χ2n) is 4.76. The molecule has 0 aliphatic carbocycles. The van der Waals surface area contributed by atoms with Crippen LogP contribution in [0.3, 0.4) is 0 Å². The van der Waals surface area contributed by atoms with Gasteiger partial charge in [-0.15, -0.1) is 0 Å². The minimum atomic E-state index is -0.508. The van der Waals surface area contributed by atoms with Crippen LogP contribution < -0.4 is 16.0 Å². The normalized spacial score (nSPS) is 10.1. The molecular formula is C16H15BrClN3O3. The first kappa shape index (κ1) is 18.3. The minimum Gasteiger partial charge on any atom is -0.395 e. The average molecular weight is 413 g/mol. The summed E-state index contributed by atoms with van der Waals surface area (Å²) in [5, 5.41) is 17.1. The molecule has 2 aromatic rings. The Morgan fingerprint density at radius 1 is 1.12 bits per heavy atom. The molecule has 0 aromatic heterocycles. The molecule has 8 heteroatoms. The van der Waals surface area contributed by atoms with E-state index < -0.39 is 6.03 Å². The van der Waals surface area contributed by atoms with Gasteiger partial charge in [0.2, 0.25) is 0 Å². The topological polar surface area (TPSA) is 90.5 Å². The van der Waals surface area contributed by atoms with Gasteiger partial charge in [0.25, 0.3) is 5.91 Å². The summed E-state index contributed by atoms with van der Waals surface area (Å²) >= 11 is 9.23. The lowest BCUT2D eigenvalue weighted by atomic mass is 10.1. The Labute approximate surface area is 152 Å². The van der Waals surface area contributed by atoms with Gasteiger partial charge < -0.3 is 21.1 Å². The van der Waals surface area contributed by atoms with E-state index in [0.717, 1.165) is 4.47 Å². The Balaban J connectivity index is 2.10. The fourth-order valence-electron chi connectivity index (χ4n) is 1.97. The molecule has 0 unspecified atom stereocenters. The maximum Gasteiger partial charge on any atom is 0.323 e. The van der Waals surface area contributed by atoms with Gasteiger partial charge in [-0.25, -0.2) is 4.79 Å². The van der Waals surface area contributed by atoms with Crippen molar-refractivity contribution in [3.63, 3.8) is 0 Å². The Hall–Kier alpha value is -2.09. The zero-order valence-corrected chi connectivity index (χ0v) is 14.8. The van der Waals surface area contributed by atoms with Crippen molar-refractivity contribution in [1.29, 1.82) is 0 Å². The summed E-state index contributed by atoms with van der Waals surface area (Å²) in [6.07, 6.45) is 0. The minimum absolute atomic E-state index is 0.135. The molecule has 24 heavy (non-hydrogen) atoms. The van der Waals surface area contributed by atoms with Crippen LogP contribution in [0.1, 0.15) is 10.4 Å². The molecular weight excluding hydrogens is 398 g/mol. The van der Waals surface area contributed by atoms with E-state index in [1.165, 1.54) is 0 Å². The molecule has 0 spiro atoms. The van der Waals surface area contributed by atoms with Crippen LogP contribution >= 0.6 is 27.5 Å². The van der Waals surface area contributed by atoms with Crippen molar-refractivity contribution in [2.45, 2.75) is 0 Å². The third-order valence-electron chi connectivity index (χ3n) is 2.94. The molecule has 0 heterocycles. The molecule has 0 fully saturated rings. The van der Waals surface area contributed by atoms with Gasteiger partial charge in [0.05, 0.1) is 17.9 Å². The van der Waals surface area contributed by atoms with E-state index in [-0.39, 0.29) is 19.1 Å². The van der Waals surface area contributed by atoms with E-state index in [0.29, 0.717) is 22.0 Å². The number of aliphatic hydroxyl groups excluding tert-OH is 1. The molecule has 3 amide bonds. The molecule has 6 nitrogen and oxygen atoms in total. The van der Waals surface area contributed by atoms with Crippen LogP contribution in [0.25, 0.3) is 0 Å². The summed E-state index contributed by atoms with van der Waals surface area (Å²) in [5.74, 6) is -0.384. The van der Waals surface area contributed by atoms with Crippen molar-refractivity contribution >= 4 is 50.8 Å². The van der Waals surface area contributed by atoms with Crippen molar-refractivity contribution < 1.29 is 14.7 Å². The number of aliphatic hydroxyl groups is 1. The van der Waals surface area contributed by atoms with Crippen LogP contribution in [0, 0.1) is 0 Å². The molecule has 4 N–H and O–H groups in total. The molecule has 0 saturated heterocycles. The van der Waals surface area contributed by atoms with Gasteiger partial charge in [0, 0.05) is 21.7 Å². The van der Waals surface area contributed by atoms with Crippen molar-refractivity contribution in [2.75, 3.05) is 23.8 Å². The predicted octanol–water partition coefficient (Wildman–Crippen LogP) is 3.47. The van der Waals surface area contributed by atoms with E-state index in [2.05, 4.69) is 31.9 Å². The van der Waals surface area contributed by atoms with Crippen LogP contribution in [0.15, 0.2) is 46.9 Å². The molecule has 0 atom stereocenters. The van der Waals surface area contributed by atoms with Gasteiger partial charge in [0.15, 0.2) is 0 Å². The monoisotopic (exact) mass is 411 g/mol. The standard InChI is InChI=1S/C16H15BrClN3O3/c17-10-7-11(18)9-12(8-10)20-16(24)21-14-4-2-1-3-13(14)15(23)19-5-6-22/h1-4,7-9,22H,5-6H2,(H,19,23)(H2,20,21,24). The molecule has 0 aliphatic heterocycles. The number of benzene rings is 2. The number of hydrogen-bond acceptors (Lipinski definition) is 3. The summed E-state index contributed by atoms with van der Waals surface area (Å²) in [6, 6.07) is 11.1. The quantitative estimate of drug-likeness (QED) is 0.606. The number of nitrogens with one attached hydrogen (secondary N) is 3. The van der Waals surface area contributed by atoms with Gasteiger partial charge in [-0.05, 0) is 30.3 Å². The first-order chi connectivity index (χ1) is 11.5. The average Bonchev–Trinajstić information content (AvgIpc) is 2.52. The van der Waals surface area contributed by atoms with Crippen LogP contribution in [0.2, 0.25) is 5.02 Å². The molecule has 0 saturated carbocycles. The number of anilines is 2. The smallest absolute Gasteiger partial charge is 0.323 e. The summed E-state index contributed by atoms with van der Waals surface area (Å²) in [4.78, 5) is 24.2. The molecule has 0 aliphatic rings. The zero-order valence-electron chi connectivity index (χ0n) is 12.5. The first-order valence-electron chi connectivity index (χ1n) is 7.02. The van der Waals surface area contributed by atoms with Crippen LogP contribution in [0.5, 0.6) is 0 Å². The van der Waals surface area contributed by atoms with Crippen molar-refractivity contribution in [1.82, 2.24) is 5.32 Å². The van der Waals surface area contributed by atoms with Gasteiger partial charge in [-0.2, -0.15) is 0 Å². The van der Waals surface area contributed by atoms with Crippen LogP contribution in [-0.2, 0) is 0 Å². The molecule has 0 radical (unpaired) electrons. The summed E-state index contributed by atoms with van der Waals surface area (Å²) in [5.41, 5.74) is 1.16. The fraction of sp³-hybridized carbons (Fsp3) is 0.125. The Morgan fingerprint density at radius 3 is 2.58 bits per heavy atom. The van der Waals surface area contributed by atoms with Crippen LogP contribution in [0.4, 0.5) is 16.2 Å². The van der Waals surface area contributed by atoms with Gasteiger partial charge in [-0.1, -0.05) is 39.7 Å². The zero-order chi connectivity index (χ0) is 17.5. The second-order valence-corrected chi connectivity index (χ2v) is 6.11. The van der Waals surface area contributed by atoms with E-state index in [1.807, 2.05) is 0 Å². The number of halogens is 2. The number of carbonyl (C=O) groups is 2. The molecule has 2 aromatic carbocycles. The number of rotatable bonds is 5. The van der Waals surface area contributed by atoms with E-state index in [9.17, 15) is 9.59 Å². The summed E-state index contributed by atoms with van der Waals surface area (Å²) < 4.78 is 0.731. The highest BCUT2D eigenvalue weighted by Gasteiger charge is 2.13. The molecule has 0 bridgehead atoms. The van der Waals surface area contributed by atoms with E-state index in [1.54, 1.807) is 42.5 Å². The number of amides is 3. The van der Waals surface area contributed by atoms with Gasteiger partial charge >= 0.3 is 6.03 Å². The highest BCUT2D eigenvalue weighted by molar-refractivity contribution is 9.10. The molecule has 2 rings (SSSR count). The van der Waals surface area contributed by atoms with Gasteiger partial charge in [0.1, 0.15) is 0 Å². The van der Waals surface area contributed by atoms with Crippen molar-refractivity contribution in [3.8, 4) is 0 Å². The fourth-order valence-corrected chi connectivity index (χ4v) is 2.83.